The monoisotopic (exact) mass is 474 g/mol. The Balaban J connectivity index is 1.39. The molecule has 0 saturated heterocycles. The molecule has 0 saturated carbocycles. The Labute approximate surface area is 167 Å². The van der Waals surface area contributed by atoms with Crippen molar-refractivity contribution in [3.63, 3.8) is 0 Å². The highest BCUT2D eigenvalue weighted by atomic mass is 79.9. The molecule has 2 aromatic carbocycles. The van der Waals surface area contributed by atoms with Crippen molar-refractivity contribution in [3.8, 4) is 0 Å². The first-order valence-electron chi connectivity index (χ1n) is 8.27. The standard InChI is InChI=1S/C19H16Br2N4O/c20-14-8-12-13(10-23-17(12)9-15(14)21)19(26)22-6-3-7-25-11-24-16-4-1-2-5-18(16)25/h1-2,4-5,8-11,23H,3,6-7H2,(H,22,26). The third kappa shape index (κ3) is 3.29. The number of benzene rings is 2. The van der Waals surface area contributed by atoms with Gasteiger partial charge >= 0.3 is 0 Å². The molecule has 5 nitrogen and oxygen atoms in total. The third-order valence-electron chi connectivity index (χ3n) is 4.36. The fraction of sp³-hybridized carbons (Fsp3) is 0.158. The average Bonchev–Trinajstić information content (AvgIpc) is 3.23. The predicted octanol–water partition coefficient (Wildman–Crippen LogP) is 4.86. The summed E-state index contributed by atoms with van der Waals surface area (Å²) in [5, 5.41) is 3.90. The Kier molecular flexibility index (Phi) is 4.82. The number of fused-ring (bicyclic) bond motifs is 2. The van der Waals surface area contributed by atoms with Crippen LogP contribution in [-0.4, -0.2) is 27.0 Å². The van der Waals surface area contributed by atoms with E-state index in [1.807, 2.05) is 36.7 Å². The Bertz CT molecular complexity index is 1100. The van der Waals surface area contributed by atoms with E-state index in [1.54, 1.807) is 6.20 Å². The van der Waals surface area contributed by atoms with Crippen LogP contribution in [0.1, 0.15) is 16.8 Å². The van der Waals surface area contributed by atoms with Gasteiger partial charge in [-0.3, -0.25) is 4.79 Å². The minimum absolute atomic E-state index is 0.0686. The number of carbonyl (C=O) groups excluding carboxylic acids is 1. The van der Waals surface area contributed by atoms with E-state index in [4.69, 9.17) is 0 Å². The number of amides is 1. The maximum atomic E-state index is 12.5. The highest BCUT2D eigenvalue weighted by Gasteiger charge is 2.13. The summed E-state index contributed by atoms with van der Waals surface area (Å²) >= 11 is 6.96. The van der Waals surface area contributed by atoms with Crippen LogP contribution in [0.2, 0.25) is 0 Å². The molecule has 7 heteroatoms. The summed E-state index contributed by atoms with van der Waals surface area (Å²) in [6, 6.07) is 12.0. The molecule has 0 atom stereocenters. The van der Waals surface area contributed by atoms with E-state index in [2.05, 4.69) is 57.8 Å². The summed E-state index contributed by atoms with van der Waals surface area (Å²) in [7, 11) is 0. The number of halogens is 2. The van der Waals surface area contributed by atoms with Gasteiger partial charge in [0.05, 0.1) is 22.9 Å². The van der Waals surface area contributed by atoms with E-state index >= 15 is 0 Å². The van der Waals surface area contributed by atoms with Crippen molar-refractivity contribution in [1.29, 1.82) is 0 Å². The fourth-order valence-corrected chi connectivity index (χ4v) is 3.73. The van der Waals surface area contributed by atoms with Gasteiger partial charge < -0.3 is 14.9 Å². The number of imidazole rings is 1. The number of aromatic nitrogens is 3. The lowest BCUT2D eigenvalue weighted by molar-refractivity contribution is 0.0954. The molecule has 0 aliphatic heterocycles. The van der Waals surface area contributed by atoms with Crippen LogP contribution in [0.5, 0.6) is 0 Å². The SMILES string of the molecule is O=C(NCCCn1cnc2ccccc21)c1c[nH]c2cc(Br)c(Br)cc12. The molecule has 0 radical (unpaired) electrons. The molecule has 1 amide bonds. The molecule has 26 heavy (non-hydrogen) atoms. The number of H-pyrrole nitrogens is 1. The highest BCUT2D eigenvalue weighted by Crippen LogP contribution is 2.30. The van der Waals surface area contributed by atoms with E-state index in [0.717, 1.165) is 43.8 Å². The Morgan fingerprint density at radius 2 is 2.00 bits per heavy atom. The van der Waals surface area contributed by atoms with Crippen LogP contribution in [0.25, 0.3) is 21.9 Å². The molecule has 132 valence electrons. The fourth-order valence-electron chi connectivity index (χ4n) is 3.04. The number of para-hydroxylation sites is 2. The highest BCUT2D eigenvalue weighted by molar-refractivity contribution is 9.13. The Morgan fingerprint density at radius 1 is 1.19 bits per heavy atom. The van der Waals surface area contributed by atoms with Gasteiger partial charge in [-0.25, -0.2) is 4.98 Å². The van der Waals surface area contributed by atoms with Crippen LogP contribution in [0.15, 0.2) is 57.9 Å². The first kappa shape index (κ1) is 17.3. The van der Waals surface area contributed by atoms with E-state index in [-0.39, 0.29) is 5.91 Å². The second-order valence-electron chi connectivity index (χ2n) is 6.05. The largest absolute Gasteiger partial charge is 0.360 e. The third-order valence-corrected chi connectivity index (χ3v) is 6.20. The van der Waals surface area contributed by atoms with Crippen molar-refractivity contribution in [1.82, 2.24) is 19.9 Å². The quantitative estimate of drug-likeness (QED) is 0.405. The number of aryl methyl sites for hydroxylation is 1. The summed E-state index contributed by atoms with van der Waals surface area (Å²) in [6.07, 6.45) is 4.44. The van der Waals surface area contributed by atoms with Crippen molar-refractivity contribution in [2.24, 2.45) is 0 Å². The lowest BCUT2D eigenvalue weighted by Crippen LogP contribution is -2.25. The summed E-state index contributed by atoms with van der Waals surface area (Å²) in [5.74, 6) is -0.0686. The van der Waals surface area contributed by atoms with Gasteiger partial charge in [0.15, 0.2) is 0 Å². The second kappa shape index (κ2) is 7.25. The Morgan fingerprint density at radius 3 is 2.88 bits per heavy atom. The molecule has 4 aromatic rings. The summed E-state index contributed by atoms with van der Waals surface area (Å²) in [6.45, 7) is 1.42. The first-order valence-corrected chi connectivity index (χ1v) is 9.86. The lowest BCUT2D eigenvalue weighted by Gasteiger charge is -2.06. The zero-order valence-electron chi connectivity index (χ0n) is 13.8. The van der Waals surface area contributed by atoms with Crippen LogP contribution in [0.3, 0.4) is 0 Å². The minimum atomic E-state index is -0.0686. The molecule has 2 N–H and O–H groups in total. The molecule has 0 aliphatic carbocycles. The van der Waals surface area contributed by atoms with Crippen LogP contribution >= 0.6 is 31.9 Å². The molecule has 0 aliphatic rings. The van der Waals surface area contributed by atoms with Crippen LogP contribution in [0.4, 0.5) is 0 Å². The van der Waals surface area contributed by atoms with Gasteiger partial charge in [0.1, 0.15) is 0 Å². The van der Waals surface area contributed by atoms with Gasteiger partial charge in [-0.05, 0) is 62.5 Å². The number of hydrogen-bond donors (Lipinski definition) is 2. The number of rotatable bonds is 5. The van der Waals surface area contributed by atoms with Gasteiger partial charge in [0.25, 0.3) is 5.91 Å². The molecule has 0 fully saturated rings. The number of carbonyl (C=O) groups is 1. The first-order chi connectivity index (χ1) is 12.6. The van der Waals surface area contributed by atoms with Crippen molar-refractivity contribution in [3.05, 3.63) is 63.4 Å². The summed E-state index contributed by atoms with van der Waals surface area (Å²) < 4.78 is 3.99. The summed E-state index contributed by atoms with van der Waals surface area (Å²) in [5.41, 5.74) is 3.69. The molecule has 0 spiro atoms. The number of aromatic amines is 1. The van der Waals surface area contributed by atoms with Crippen molar-refractivity contribution in [2.75, 3.05) is 6.54 Å². The summed E-state index contributed by atoms with van der Waals surface area (Å²) in [4.78, 5) is 20.0. The second-order valence-corrected chi connectivity index (χ2v) is 7.76. The predicted molar refractivity (Wildman–Crippen MR) is 110 cm³/mol. The smallest absolute Gasteiger partial charge is 0.253 e. The van der Waals surface area contributed by atoms with Crippen LogP contribution in [-0.2, 0) is 6.54 Å². The van der Waals surface area contributed by atoms with Crippen LogP contribution < -0.4 is 5.32 Å². The van der Waals surface area contributed by atoms with E-state index in [0.29, 0.717) is 12.1 Å². The van der Waals surface area contributed by atoms with E-state index in [1.165, 1.54) is 0 Å². The molecule has 0 unspecified atom stereocenters. The zero-order chi connectivity index (χ0) is 18.1. The maximum absolute atomic E-state index is 12.5. The molecular formula is C19H16Br2N4O. The van der Waals surface area contributed by atoms with Crippen molar-refractivity contribution < 1.29 is 4.79 Å². The van der Waals surface area contributed by atoms with E-state index in [9.17, 15) is 4.79 Å². The normalized spacial score (nSPS) is 11.3. The van der Waals surface area contributed by atoms with Crippen molar-refractivity contribution >= 4 is 59.7 Å². The van der Waals surface area contributed by atoms with Crippen LogP contribution in [0, 0.1) is 0 Å². The van der Waals surface area contributed by atoms with Gasteiger partial charge in [0.2, 0.25) is 0 Å². The number of nitrogens with one attached hydrogen (secondary N) is 2. The van der Waals surface area contributed by atoms with Gasteiger partial charge in [-0.15, -0.1) is 0 Å². The van der Waals surface area contributed by atoms with Crippen molar-refractivity contribution in [2.45, 2.75) is 13.0 Å². The number of hydrogen-bond acceptors (Lipinski definition) is 2. The molecule has 2 heterocycles. The molecule has 0 bridgehead atoms. The number of nitrogens with zero attached hydrogens (tertiary/aromatic N) is 2. The zero-order valence-corrected chi connectivity index (χ0v) is 17.0. The van der Waals surface area contributed by atoms with Gasteiger partial charge in [-0.2, -0.15) is 0 Å². The van der Waals surface area contributed by atoms with Gasteiger partial charge in [-0.1, -0.05) is 12.1 Å². The molecule has 4 rings (SSSR count). The minimum Gasteiger partial charge on any atom is -0.360 e. The topological polar surface area (TPSA) is 62.7 Å². The molecule has 2 aromatic heterocycles. The average molecular weight is 476 g/mol. The van der Waals surface area contributed by atoms with Gasteiger partial charge in [0, 0.05) is 39.1 Å². The molecular weight excluding hydrogens is 460 g/mol. The maximum Gasteiger partial charge on any atom is 0.253 e. The Hall–Kier alpha value is -2.12. The van der Waals surface area contributed by atoms with E-state index < -0.39 is 0 Å². The lowest BCUT2D eigenvalue weighted by atomic mass is 10.1.